The van der Waals surface area contributed by atoms with Crippen LogP contribution in [0.4, 0.5) is 8.78 Å². The molecular weight excluding hydrogens is 472 g/mol. The van der Waals surface area contributed by atoms with Gasteiger partial charge in [0.2, 0.25) is 0 Å². The number of rotatable bonds is 13. The lowest BCUT2D eigenvalue weighted by molar-refractivity contribution is -0.148. The molecule has 0 spiro atoms. The van der Waals surface area contributed by atoms with E-state index in [1.54, 1.807) is 12.1 Å². The number of amides is 1. The van der Waals surface area contributed by atoms with Crippen LogP contribution in [0, 0.1) is 5.92 Å². The molecule has 1 amide bonds. The van der Waals surface area contributed by atoms with Gasteiger partial charge in [0.25, 0.3) is 5.91 Å². The Morgan fingerprint density at radius 3 is 2.60 bits per heavy atom. The Labute approximate surface area is 209 Å². The molecule has 190 valence electrons. The summed E-state index contributed by atoms with van der Waals surface area (Å²) in [6, 6.07) is 12.7. The van der Waals surface area contributed by atoms with Crippen LogP contribution >= 0.6 is 11.3 Å². The monoisotopic (exact) mass is 505 g/mol. The zero-order chi connectivity index (χ0) is 25.4. The fourth-order valence-electron chi connectivity index (χ4n) is 4.35. The van der Waals surface area contributed by atoms with Gasteiger partial charge in [-0.05, 0) is 55.7 Å². The van der Waals surface area contributed by atoms with Crippen LogP contribution in [0.3, 0.4) is 0 Å². The summed E-state index contributed by atoms with van der Waals surface area (Å²) >= 11 is 1.15. The van der Waals surface area contributed by atoms with Crippen molar-refractivity contribution in [3.63, 3.8) is 0 Å². The fraction of sp³-hybridized carbons (Fsp3) is 0.481. The number of alkyl halides is 2. The molecule has 5 nitrogen and oxygen atoms in total. The summed E-state index contributed by atoms with van der Waals surface area (Å²) < 4.78 is 28.3. The number of carbonyl (C=O) groups excluding carboxylic acids is 1. The Morgan fingerprint density at radius 1 is 1.17 bits per heavy atom. The zero-order valence-corrected chi connectivity index (χ0v) is 20.7. The van der Waals surface area contributed by atoms with E-state index in [9.17, 15) is 23.5 Å². The Balaban J connectivity index is 1.48. The smallest absolute Gasteiger partial charge is 0.345 e. The van der Waals surface area contributed by atoms with Gasteiger partial charge in [-0.3, -0.25) is 4.79 Å². The largest absolute Gasteiger partial charge is 0.477 e. The number of aryl methyl sites for hydroxylation is 2. The molecule has 1 aliphatic rings. The first-order chi connectivity index (χ1) is 16.7. The summed E-state index contributed by atoms with van der Waals surface area (Å²) in [7, 11) is 0. The lowest BCUT2D eigenvalue weighted by Gasteiger charge is -2.22. The molecule has 0 saturated carbocycles. The van der Waals surface area contributed by atoms with Gasteiger partial charge in [0.05, 0.1) is 12.1 Å². The van der Waals surface area contributed by atoms with Crippen molar-refractivity contribution in [2.75, 3.05) is 6.54 Å². The molecule has 2 N–H and O–H groups in total. The van der Waals surface area contributed by atoms with E-state index in [-0.39, 0.29) is 17.3 Å². The Morgan fingerprint density at radius 2 is 1.91 bits per heavy atom. The number of aliphatic hydroxyl groups is 1. The van der Waals surface area contributed by atoms with Crippen molar-refractivity contribution in [1.29, 1.82) is 0 Å². The zero-order valence-electron chi connectivity index (χ0n) is 19.9. The van der Waals surface area contributed by atoms with Crippen LogP contribution in [-0.4, -0.2) is 51.6 Å². The van der Waals surface area contributed by atoms with Crippen molar-refractivity contribution >= 4 is 23.2 Å². The molecule has 3 atom stereocenters. The van der Waals surface area contributed by atoms with Crippen molar-refractivity contribution in [2.24, 2.45) is 5.92 Å². The van der Waals surface area contributed by atoms with Crippen LogP contribution in [0.2, 0.25) is 0 Å². The first-order valence-corrected chi connectivity index (χ1v) is 12.9. The van der Waals surface area contributed by atoms with Crippen LogP contribution in [0.15, 0.2) is 54.6 Å². The molecule has 0 aliphatic carbocycles. The van der Waals surface area contributed by atoms with Crippen LogP contribution in [-0.2, 0) is 17.6 Å². The minimum absolute atomic E-state index is 0.0182. The molecular formula is C27H33F2NO4S. The number of hydrogen-bond donors (Lipinski definition) is 2. The molecule has 1 aromatic heterocycles. The summed E-state index contributed by atoms with van der Waals surface area (Å²) in [6.07, 6.45) is 6.46. The molecule has 0 radical (unpaired) electrons. The predicted octanol–water partition coefficient (Wildman–Crippen LogP) is 5.58. The quantitative estimate of drug-likeness (QED) is 0.275. The van der Waals surface area contributed by atoms with E-state index in [0.717, 1.165) is 41.9 Å². The predicted molar refractivity (Wildman–Crippen MR) is 133 cm³/mol. The maximum absolute atomic E-state index is 14.2. The standard InChI is InChI=1S/C27H33F2NO4S/c1-19(8-5-6-11-20-9-3-2-4-10-20)23(31)15-13-21-18-27(28,29)26(34)30(21)17-7-12-22-14-16-24(35-22)25(32)33/h2-4,9-10,13-16,19,21,23,31H,5-8,11-12,17-18H2,1H3,(H,32,33)/t19-,21?,23-/m0/s1. The number of thiophene rings is 1. The lowest BCUT2D eigenvalue weighted by atomic mass is 9.95. The number of halogens is 2. The third kappa shape index (κ3) is 7.70. The summed E-state index contributed by atoms with van der Waals surface area (Å²) in [5.74, 6) is -5.62. The normalized spacial score (nSPS) is 19.4. The van der Waals surface area contributed by atoms with E-state index < -0.39 is 36.4 Å². The minimum atomic E-state index is -3.41. The molecule has 2 heterocycles. The number of hydrogen-bond acceptors (Lipinski definition) is 4. The summed E-state index contributed by atoms with van der Waals surface area (Å²) in [6.45, 7) is 2.09. The lowest BCUT2D eigenvalue weighted by Crippen LogP contribution is -2.36. The molecule has 1 aliphatic heterocycles. The number of carboxylic acid groups (broad SMARTS) is 1. The van der Waals surface area contributed by atoms with Crippen molar-refractivity contribution in [2.45, 2.75) is 69.9 Å². The third-order valence-corrected chi connectivity index (χ3v) is 7.60. The van der Waals surface area contributed by atoms with E-state index in [4.69, 9.17) is 5.11 Å². The van der Waals surface area contributed by atoms with Crippen molar-refractivity contribution < 1.29 is 28.6 Å². The second-order valence-corrected chi connectivity index (χ2v) is 10.4. The Kier molecular flexibility index (Phi) is 9.57. The molecule has 0 bridgehead atoms. The van der Waals surface area contributed by atoms with Gasteiger partial charge < -0.3 is 15.1 Å². The number of likely N-dealkylation sites (tertiary alicyclic amines) is 1. The SMILES string of the molecule is C[C@@H](CCCCc1ccccc1)[C@@H](O)C=CC1CC(F)(F)C(=O)N1CCCc1ccc(C(=O)O)s1. The van der Waals surface area contributed by atoms with Crippen LogP contribution < -0.4 is 0 Å². The van der Waals surface area contributed by atoms with E-state index in [0.29, 0.717) is 12.8 Å². The van der Waals surface area contributed by atoms with Gasteiger partial charge in [0, 0.05) is 17.8 Å². The second-order valence-electron chi connectivity index (χ2n) is 9.23. The highest BCUT2D eigenvalue weighted by atomic mass is 32.1. The van der Waals surface area contributed by atoms with Crippen molar-refractivity contribution in [1.82, 2.24) is 4.90 Å². The molecule has 1 saturated heterocycles. The van der Waals surface area contributed by atoms with Crippen molar-refractivity contribution in [3.8, 4) is 0 Å². The third-order valence-electron chi connectivity index (χ3n) is 6.47. The molecule has 8 heteroatoms. The van der Waals surface area contributed by atoms with E-state index >= 15 is 0 Å². The van der Waals surface area contributed by atoms with E-state index in [1.807, 2.05) is 25.1 Å². The van der Waals surface area contributed by atoms with Crippen molar-refractivity contribution in [3.05, 3.63) is 69.9 Å². The number of aromatic carboxylic acids is 1. The van der Waals surface area contributed by atoms with E-state index in [1.165, 1.54) is 22.6 Å². The van der Waals surface area contributed by atoms with Gasteiger partial charge in [-0.2, -0.15) is 8.78 Å². The number of nitrogens with zero attached hydrogens (tertiary/aromatic N) is 1. The van der Waals surface area contributed by atoms with Crippen LogP contribution in [0.25, 0.3) is 0 Å². The van der Waals surface area contributed by atoms with Gasteiger partial charge in [0.15, 0.2) is 0 Å². The minimum Gasteiger partial charge on any atom is -0.477 e. The highest BCUT2D eigenvalue weighted by molar-refractivity contribution is 7.13. The molecule has 1 fully saturated rings. The molecule has 35 heavy (non-hydrogen) atoms. The first kappa shape index (κ1) is 27.0. The summed E-state index contributed by atoms with van der Waals surface area (Å²) in [5.41, 5.74) is 1.29. The van der Waals surface area contributed by atoms with Gasteiger partial charge in [-0.15, -0.1) is 11.3 Å². The number of unbranched alkanes of at least 4 members (excludes halogenated alkanes) is 1. The average molecular weight is 506 g/mol. The van der Waals surface area contributed by atoms with Gasteiger partial charge >= 0.3 is 11.9 Å². The topological polar surface area (TPSA) is 77.8 Å². The molecule has 3 rings (SSSR count). The maximum atomic E-state index is 14.2. The highest BCUT2D eigenvalue weighted by Gasteiger charge is 2.52. The highest BCUT2D eigenvalue weighted by Crippen LogP contribution is 2.34. The number of aliphatic hydroxyl groups excluding tert-OH is 1. The van der Waals surface area contributed by atoms with Crippen LogP contribution in [0.1, 0.15) is 59.1 Å². The molecule has 2 aromatic rings. The van der Waals surface area contributed by atoms with E-state index in [2.05, 4.69) is 12.1 Å². The maximum Gasteiger partial charge on any atom is 0.345 e. The van der Waals surface area contributed by atoms with Crippen LogP contribution in [0.5, 0.6) is 0 Å². The van der Waals surface area contributed by atoms with Gasteiger partial charge in [-0.1, -0.05) is 55.8 Å². The second kappa shape index (κ2) is 12.4. The number of carboxylic acids is 1. The molecule has 1 aromatic carbocycles. The Hall–Kier alpha value is -2.58. The number of benzene rings is 1. The van der Waals surface area contributed by atoms with Gasteiger partial charge in [-0.25, -0.2) is 4.79 Å². The average Bonchev–Trinajstić information content (AvgIpc) is 3.39. The summed E-state index contributed by atoms with van der Waals surface area (Å²) in [5, 5.41) is 19.5. The first-order valence-electron chi connectivity index (χ1n) is 12.1. The fourth-order valence-corrected chi connectivity index (χ4v) is 5.24. The summed E-state index contributed by atoms with van der Waals surface area (Å²) in [4.78, 5) is 25.5. The molecule has 1 unspecified atom stereocenters. The number of carbonyl (C=O) groups is 2. The Bertz CT molecular complexity index is 1010. The van der Waals surface area contributed by atoms with Gasteiger partial charge in [0.1, 0.15) is 4.88 Å².